The zero-order chi connectivity index (χ0) is 35.3. The zero-order valence-electron chi connectivity index (χ0n) is 29.5. The van der Waals surface area contributed by atoms with E-state index >= 15 is 0 Å². The van der Waals surface area contributed by atoms with Gasteiger partial charge in [-0.05, 0) is 59.3 Å². The van der Waals surface area contributed by atoms with Gasteiger partial charge in [-0.1, -0.05) is 134 Å². The molecule has 1 aliphatic rings. The molecule has 0 spiro atoms. The van der Waals surface area contributed by atoms with Crippen molar-refractivity contribution in [1.29, 1.82) is 0 Å². The van der Waals surface area contributed by atoms with E-state index in [9.17, 15) is 0 Å². The molecule has 1 aliphatic heterocycles. The van der Waals surface area contributed by atoms with Crippen LogP contribution in [0.15, 0.2) is 170 Å². The summed E-state index contributed by atoms with van der Waals surface area (Å²) >= 11 is 0. The highest BCUT2D eigenvalue weighted by atomic mass is 28.3. The maximum Gasteiger partial charge on any atom is 0.159 e. The topological polar surface area (TPSA) is 35.6 Å². The van der Waals surface area contributed by atoms with Gasteiger partial charge in [-0.2, -0.15) is 0 Å². The summed E-state index contributed by atoms with van der Waals surface area (Å²) in [4.78, 5) is 10.8. The van der Waals surface area contributed by atoms with E-state index in [0.717, 1.165) is 34.0 Å². The Labute approximate surface area is 308 Å². The molecule has 0 N–H and O–H groups in total. The lowest BCUT2D eigenvalue weighted by Gasteiger charge is -2.19. The largest absolute Gasteiger partial charge is 0.307 e. The lowest BCUT2D eigenvalue weighted by molar-refractivity contribution is 1.15. The Bertz CT molecular complexity index is 3070. The first kappa shape index (κ1) is 30.1. The van der Waals surface area contributed by atoms with Crippen molar-refractivity contribution in [3.8, 4) is 45.1 Å². The average Bonchev–Trinajstić information content (AvgIpc) is 3.82. The standard InChI is InChI=1S/C48H34N4Si/c1-53(2)42-24-14-11-21-39(42)43-44(31-15-5-3-6-16-31)49-47(50-48(43)53)32-25-27-34(28-26-32)52-41-23-13-10-20-36(41)38-30-29-37-35-19-9-12-22-40(35)51(45(37)46(38)52)33-17-7-4-8-18-33/h3-30H,1-2H3. The summed E-state index contributed by atoms with van der Waals surface area (Å²) in [5.41, 5.74) is 12.7. The molecule has 250 valence electrons. The van der Waals surface area contributed by atoms with Crippen LogP contribution in [0, 0.1) is 0 Å². The van der Waals surface area contributed by atoms with Crippen LogP contribution in [-0.2, 0) is 0 Å². The van der Waals surface area contributed by atoms with E-state index in [2.05, 4.69) is 192 Å². The fourth-order valence-corrected chi connectivity index (χ4v) is 11.8. The quantitative estimate of drug-likeness (QED) is 0.172. The van der Waals surface area contributed by atoms with Crippen molar-refractivity contribution in [3.05, 3.63) is 170 Å². The summed E-state index contributed by atoms with van der Waals surface area (Å²) < 4.78 is 4.88. The molecule has 11 rings (SSSR count). The Hall–Kier alpha value is -6.56. The molecule has 0 saturated carbocycles. The van der Waals surface area contributed by atoms with E-state index in [0.29, 0.717) is 0 Å². The lowest BCUT2D eigenvalue weighted by Crippen LogP contribution is -2.50. The third kappa shape index (κ3) is 4.29. The van der Waals surface area contributed by atoms with Gasteiger partial charge in [-0.25, -0.2) is 9.97 Å². The molecule has 4 heterocycles. The van der Waals surface area contributed by atoms with Crippen molar-refractivity contribution >= 4 is 62.2 Å². The van der Waals surface area contributed by atoms with Gasteiger partial charge in [0.25, 0.3) is 0 Å². The fourth-order valence-electron chi connectivity index (χ4n) is 8.85. The van der Waals surface area contributed by atoms with Gasteiger partial charge in [0.05, 0.1) is 27.8 Å². The molecule has 5 heteroatoms. The van der Waals surface area contributed by atoms with Crippen LogP contribution in [0.1, 0.15) is 0 Å². The third-order valence-electron chi connectivity index (χ3n) is 11.3. The van der Waals surface area contributed by atoms with Crippen LogP contribution in [0.3, 0.4) is 0 Å². The molecule has 0 bridgehead atoms. The molecule has 0 fully saturated rings. The second-order valence-corrected chi connectivity index (χ2v) is 18.9. The Balaban J connectivity index is 1.15. The van der Waals surface area contributed by atoms with Crippen LogP contribution in [0.25, 0.3) is 88.8 Å². The first-order valence-corrected chi connectivity index (χ1v) is 21.3. The predicted octanol–water partition coefficient (Wildman–Crippen LogP) is 10.8. The molecule has 10 aromatic rings. The Morgan fingerprint density at radius 2 is 0.962 bits per heavy atom. The van der Waals surface area contributed by atoms with Gasteiger partial charge in [-0.15, -0.1) is 0 Å². The number of nitrogens with zero attached hydrogens (tertiary/aromatic N) is 4. The van der Waals surface area contributed by atoms with Crippen molar-refractivity contribution < 1.29 is 0 Å². The molecule has 0 saturated heterocycles. The van der Waals surface area contributed by atoms with Crippen LogP contribution in [0.4, 0.5) is 0 Å². The SMILES string of the molecule is C[Si]1(C)c2ccccc2-c2c(-c3ccccc3)nc(-c3ccc(-n4c5ccccc5c5ccc6c7ccccc7n(-c7ccccc7)c6c54)cc3)nc21. The van der Waals surface area contributed by atoms with Crippen LogP contribution in [-0.4, -0.2) is 27.2 Å². The number of para-hydroxylation sites is 3. The molecular formula is C48H34N4Si. The van der Waals surface area contributed by atoms with Gasteiger partial charge in [0, 0.05) is 54.9 Å². The zero-order valence-corrected chi connectivity index (χ0v) is 30.5. The smallest absolute Gasteiger partial charge is 0.159 e. The summed E-state index contributed by atoms with van der Waals surface area (Å²) in [6.45, 7) is 4.84. The van der Waals surface area contributed by atoms with Crippen molar-refractivity contribution in [2.24, 2.45) is 0 Å². The van der Waals surface area contributed by atoms with Gasteiger partial charge in [-0.3, -0.25) is 0 Å². The molecule has 53 heavy (non-hydrogen) atoms. The van der Waals surface area contributed by atoms with Gasteiger partial charge >= 0.3 is 0 Å². The minimum atomic E-state index is -2.06. The van der Waals surface area contributed by atoms with Crippen molar-refractivity contribution in [3.63, 3.8) is 0 Å². The first-order chi connectivity index (χ1) is 26.1. The van der Waals surface area contributed by atoms with Crippen molar-refractivity contribution in [1.82, 2.24) is 19.1 Å². The maximum atomic E-state index is 5.42. The van der Waals surface area contributed by atoms with Gasteiger partial charge in [0.1, 0.15) is 8.07 Å². The molecule has 0 unspecified atom stereocenters. The van der Waals surface area contributed by atoms with Crippen molar-refractivity contribution in [2.75, 3.05) is 0 Å². The molecule has 7 aromatic carbocycles. The predicted molar refractivity (Wildman–Crippen MR) is 224 cm³/mol. The Morgan fingerprint density at radius 3 is 1.60 bits per heavy atom. The summed E-state index contributed by atoms with van der Waals surface area (Å²) in [5, 5.41) is 7.60. The first-order valence-electron chi connectivity index (χ1n) is 18.3. The normalized spacial score (nSPS) is 13.2. The highest BCUT2D eigenvalue weighted by Crippen LogP contribution is 2.42. The summed E-state index contributed by atoms with van der Waals surface area (Å²) in [6, 6.07) is 61.2. The molecule has 3 aromatic heterocycles. The third-order valence-corrected chi connectivity index (χ3v) is 14.6. The monoisotopic (exact) mass is 694 g/mol. The van der Waals surface area contributed by atoms with E-state index in [-0.39, 0.29) is 0 Å². The number of fused-ring (bicyclic) bond motifs is 10. The van der Waals surface area contributed by atoms with Gasteiger partial charge in [0.2, 0.25) is 0 Å². The molecular weight excluding hydrogens is 661 g/mol. The van der Waals surface area contributed by atoms with E-state index in [1.165, 1.54) is 65.2 Å². The Kier molecular flexibility index (Phi) is 6.37. The number of hydrogen-bond donors (Lipinski definition) is 0. The van der Waals surface area contributed by atoms with Crippen LogP contribution in [0.2, 0.25) is 13.1 Å². The van der Waals surface area contributed by atoms with E-state index in [4.69, 9.17) is 9.97 Å². The number of rotatable bonds is 4. The summed E-state index contributed by atoms with van der Waals surface area (Å²) in [6.07, 6.45) is 0. The van der Waals surface area contributed by atoms with Gasteiger partial charge < -0.3 is 9.13 Å². The van der Waals surface area contributed by atoms with E-state index in [1.54, 1.807) is 0 Å². The number of aromatic nitrogens is 4. The minimum Gasteiger partial charge on any atom is -0.307 e. The maximum absolute atomic E-state index is 5.42. The van der Waals surface area contributed by atoms with Crippen LogP contribution >= 0.6 is 0 Å². The highest BCUT2D eigenvalue weighted by Gasteiger charge is 2.41. The second-order valence-electron chi connectivity index (χ2n) is 14.6. The van der Waals surface area contributed by atoms with E-state index < -0.39 is 8.07 Å². The van der Waals surface area contributed by atoms with E-state index in [1.807, 2.05) is 0 Å². The molecule has 0 aliphatic carbocycles. The van der Waals surface area contributed by atoms with Crippen LogP contribution in [0.5, 0.6) is 0 Å². The molecule has 0 atom stereocenters. The number of hydrogen-bond acceptors (Lipinski definition) is 2. The van der Waals surface area contributed by atoms with Gasteiger partial charge in [0.15, 0.2) is 5.82 Å². The number of benzene rings is 7. The summed E-state index contributed by atoms with van der Waals surface area (Å²) in [5.74, 6) is 0.774. The highest BCUT2D eigenvalue weighted by molar-refractivity contribution is 7.03. The van der Waals surface area contributed by atoms with Crippen molar-refractivity contribution in [2.45, 2.75) is 13.1 Å². The summed E-state index contributed by atoms with van der Waals surface area (Å²) in [7, 11) is -2.06. The molecule has 0 radical (unpaired) electrons. The minimum absolute atomic E-state index is 0.774. The van der Waals surface area contributed by atoms with Crippen LogP contribution < -0.4 is 10.5 Å². The molecule has 0 amide bonds. The Morgan fingerprint density at radius 1 is 0.434 bits per heavy atom. The average molecular weight is 695 g/mol. The lowest BCUT2D eigenvalue weighted by atomic mass is 10.0. The fraction of sp³-hybridized carbons (Fsp3) is 0.0417. The second kappa shape index (κ2) is 11.2. The molecule has 4 nitrogen and oxygen atoms in total.